The van der Waals surface area contributed by atoms with Gasteiger partial charge in [-0.2, -0.15) is 5.10 Å². The molecule has 2 aromatic heterocycles. The van der Waals surface area contributed by atoms with Crippen LogP contribution >= 0.6 is 22.9 Å². The summed E-state index contributed by atoms with van der Waals surface area (Å²) in [5.74, 6) is -0.0943. The minimum atomic E-state index is -0.0943. The molecule has 1 amide bonds. The monoisotopic (exact) mass is 325 g/mol. The van der Waals surface area contributed by atoms with E-state index >= 15 is 0 Å². The van der Waals surface area contributed by atoms with Crippen LogP contribution in [0.25, 0.3) is 0 Å². The average molecular weight is 326 g/mol. The van der Waals surface area contributed by atoms with E-state index in [1.165, 1.54) is 4.88 Å². The summed E-state index contributed by atoms with van der Waals surface area (Å²) in [7, 11) is 1.79. The SMILES string of the molecule is Cn1nc(C(C)(C)C)cc1C(=O)NCCc1ccc(Cl)s1. The summed E-state index contributed by atoms with van der Waals surface area (Å²) >= 11 is 7.43. The van der Waals surface area contributed by atoms with Crippen LogP contribution in [0, 0.1) is 0 Å². The summed E-state index contributed by atoms with van der Waals surface area (Å²) in [4.78, 5) is 13.4. The molecule has 0 aliphatic heterocycles. The Kier molecular flexibility index (Phi) is 4.74. The molecule has 4 nitrogen and oxygen atoms in total. The summed E-state index contributed by atoms with van der Waals surface area (Å²) < 4.78 is 2.41. The number of hydrogen-bond acceptors (Lipinski definition) is 3. The second-order valence-electron chi connectivity index (χ2n) is 6.00. The molecule has 0 saturated carbocycles. The van der Waals surface area contributed by atoms with Crippen molar-refractivity contribution < 1.29 is 4.79 Å². The summed E-state index contributed by atoms with van der Waals surface area (Å²) in [5, 5.41) is 7.34. The molecule has 0 aliphatic carbocycles. The molecule has 0 fully saturated rings. The van der Waals surface area contributed by atoms with Gasteiger partial charge in [0.25, 0.3) is 5.91 Å². The molecule has 6 heteroatoms. The Morgan fingerprint density at radius 1 is 1.43 bits per heavy atom. The maximum Gasteiger partial charge on any atom is 0.269 e. The van der Waals surface area contributed by atoms with Crippen LogP contribution in [0.1, 0.15) is 41.8 Å². The van der Waals surface area contributed by atoms with Crippen molar-refractivity contribution in [2.75, 3.05) is 6.54 Å². The Bertz CT molecular complexity index is 640. The van der Waals surface area contributed by atoms with E-state index in [4.69, 9.17) is 11.6 Å². The third kappa shape index (κ3) is 4.08. The van der Waals surface area contributed by atoms with Gasteiger partial charge >= 0.3 is 0 Å². The Morgan fingerprint density at radius 2 is 2.14 bits per heavy atom. The Hall–Kier alpha value is -1.33. The second kappa shape index (κ2) is 6.20. The van der Waals surface area contributed by atoms with Crippen LogP contribution < -0.4 is 5.32 Å². The minimum absolute atomic E-state index is 0.0655. The molecule has 114 valence electrons. The van der Waals surface area contributed by atoms with Gasteiger partial charge in [-0.1, -0.05) is 32.4 Å². The predicted octanol–water partition coefficient (Wildman–Crippen LogP) is 3.41. The summed E-state index contributed by atoms with van der Waals surface area (Å²) in [6.45, 7) is 6.83. The molecule has 1 N–H and O–H groups in total. The lowest BCUT2D eigenvalue weighted by Crippen LogP contribution is -2.27. The number of rotatable bonds is 4. The molecule has 0 aromatic carbocycles. The fourth-order valence-electron chi connectivity index (χ4n) is 1.92. The number of amides is 1. The largest absolute Gasteiger partial charge is 0.350 e. The van der Waals surface area contributed by atoms with Crippen molar-refractivity contribution in [2.45, 2.75) is 32.6 Å². The third-order valence-corrected chi connectivity index (χ3v) is 4.46. The maximum atomic E-state index is 12.2. The molecule has 2 aromatic rings. The predicted molar refractivity (Wildman–Crippen MR) is 87.3 cm³/mol. The minimum Gasteiger partial charge on any atom is -0.350 e. The van der Waals surface area contributed by atoms with E-state index in [0.29, 0.717) is 12.2 Å². The van der Waals surface area contributed by atoms with Crippen LogP contribution in [0.2, 0.25) is 4.34 Å². The van der Waals surface area contributed by atoms with Gasteiger partial charge in [0.1, 0.15) is 5.69 Å². The van der Waals surface area contributed by atoms with Crippen molar-refractivity contribution in [3.8, 4) is 0 Å². The van der Waals surface area contributed by atoms with E-state index in [1.807, 2.05) is 18.2 Å². The summed E-state index contributed by atoms with van der Waals surface area (Å²) in [6.07, 6.45) is 0.785. The van der Waals surface area contributed by atoms with Crippen molar-refractivity contribution in [2.24, 2.45) is 7.05 Å². The van der Waals surface area contributed by atoms with Crippen molar-refractivity contribution in [1.29, 1.82) is 0 Å². The molecule has 0 bridgehead atoms. The van der Waals surface area contributed by atoms with Crippen LogP contribution in [0.4, 0.5) is 0 Å². The van der Waals surface area contributed by atoms with Crippen molar-refractivity contribution in [3.63, 3.8) is 0 Å². The number of nitrogens with one attached hydrogen (secondary N) is 1. The zero-order valence-corrected chi connectivity index (χ0v) is 14.3. The van der Waals surface area contributed by atoms with Crippen LogP contribution in [-0.2, 0) is 18.9 Å². The van der Waals surface area contributed by atoms with E-state index in [1.54, 1.807) is 23.1 Å². The second-order valence-corrected chi connectivity index (χ2v) is 7.80. The molecule has 2 heterocycles. The highest BCUT2D eigenvalue weighted by molar-refractivity contribution is 7.16. The third-order valence-electron chi connectivity index (χ3n) is 3.17. The number of carbonyl (C=O) groups excluding carboxylic acids is 1. The molecule has 0 unspecified atom stereocenters. The number of aryl methyl sites for hydroxylation is 1. The lowest BCUT2D eigenvalue weighted by atomic mass is 9.92. The standard InChI is InChI=1S/C15H20ClN3OS/c1-15(2,3)12-9-11(19(4)18-12)14(20)17-8-7-10-5-6-13(16)21-10/h5-6,9H,7-8H2,1-4H3,(H,17,20). The molecule has 2 rings (SSSR count). The Labute approximate surface area is 134 Å². The topological polar surface area (TPSA) is 46.9 Å². The Balaban J connectivity index is 1.96. The number of thiophene rings is 1. The van der Waals surface area contributed by atoms with Crippen molar-refractivity contribution in [1.82, 2.24) is 15.1 Å². The highest BCUT2D eigenvalue weighted by Gasteiger charge is 2.21. The number of nitrogens with zero attached hydrogens (tertiary/aromatic N) is 2. The highest BCUT2D eigenvalue weighted by Crippen LogP contribution is 2.22. The zero-order chi connectivity index (χ0) is 15.6. The van der Waals surface area contributed by atoms with E-state index in [-0.39, 0.29) is 11.3 Å². The van der Waals surface area contributed by atoms with Gasteiger partial charge in [-0.15, -0.1) is 11.3 Å². The normalized spacial score (nSPS) is 11.7. The van der Waals surface area contributed by atoms with Crippen LogP contribution in [-0.4, -0.2) is 22.2 Å². The van der Waals surface area contributed by atoms with E-state index in [9.17, 15) is 4.79 Å². The van der Waals surface area contributed by atoms with E-state index < -0.39 is 0 Å². The van der Waals surface area contributed by atoms with Crippen molar-refractivity contribution >= 4 is 28.8 Å². The average Bonchev–Trinajstić information content (AvgIpc) is 2.95. The summed E-state index contributed by atoms with van der Waals surface area (Å²) in [5.41, 5.74) is 1.44. The van der Waals surface area contributed by atoms with E-state index in [0.717, 1.165) is 16.5 Å². The molecular weight excluding hydrogens is 306 g/mol. The first-order valence-corrected chi connectivity index (χ1v) is 8.04. The van der Waals surface area contributed by atoms with Crippen molar-refractivity contribution in [3.05, 3.63) is 38.8 Å². The molecule has 0 aliphatic rings. The maximum absolute atomic E-state index is 12.2. The smallest absolute Gasteiger partial charge is 0.269 e. The number of carbonyl (C=O) groups is 1. The van der Waals surface area contributed by atoms with Crippen LogP contribution in [0.5, 0.6) is 0 Å². The van der Waals surface area contributed by atoms with Gasteiger partial charge in [-0.05, 0) is 24.6 Å². The number of aromatic nitrogens is 2. The van der Waals surface area contributed by atoms with Gasteiger partial charge < -0.3 is 5.32 Å². The summed E-state index contributed by atoms with van der Waals surface area (Å²) in [6, 6.07) is 5.72. The van der Waals surface area contributed by atoms with E-state index in [2.05, 4.69) is 31.2 Å². The van der Waals surface area contributed by atoms with Gasteiger partial charge in [0, 0.05) is 23.9 Å². The first-order valence-electron chi connectivity index (χ1n) is 6.84. The molecule has 0 spiro atoms. The molecular formula is C15H20ClN3OS. The number of halogens is 1. The van der Waals surface area contributed by atoms with Gasteiger partial charge in [-0.3, -0.25) is 9.48 Å². The molecule has 21 heavy (non-hydrogen) atoms. The lowest BCUT2D eigenvalue weighted by molar-refractivity contribution is 0.0945. The van der Waals surface area contributed by atoms with Gasteiger partial charge in [0.05, 0.1) is 10.0 Å². The first kappa shape index (κ1) is 16.0. The van der Waals surface area contributed by atoms with Gasteiger partial charge in [0.2, 0.25) is 0 Å². The fourth-order valence-corrected chi connectivity index (χ4v) is 3.01. The highest BCUT2D eigenvalue weighted by atomic mass is 35.5. The lowest BCUT2D eigenvalue weighted by Gasteiger charge is -2.13. The molecule has 0 radical (unpaired) electrons. The van der Waals surface area contributed by atoms with Gasteiger partial charge in [-0.25, -0.2) is 0 Å². The zero-order valence-electron chi connectivity index (χ0n) is 12.7. The van der Waals surface area contributed by atoms with Gasteiger partial charge in [0.15, 0.2) is 0 Å². The fraction of sp³-hybridized carbons (Fsp3) is 0.467. The number of hydrogen-bond donors (Lipinski definition) is 1. The van der Waals surface area contributed by atoms with Crippen LogP contribution in [0.3, 0.4) is 0 Å². The first-order chi connectivity index (χ1) is 9.77. The molecule has 0 saturated heterocycles. The quantitative estimate of drug-likeness (QED) is 0.936. The Morgan fingerprint density at radius 3 is 2.67 bits per heavy atom. The molecule has 0 atom stereocenters. The van der Waals surface area contributed by atoms with Crippen LogP contribution in [0.15, 0.2) is 18.2 Å².